The van der Waals surface area contributed by atoms with Crippen molar-refractivity contribution in [1.82, 2.24) is 0 Å². The third kappa shape index (κ3) is 1.67. The van der Waals surface area contributed by atoms with Crippen LogP contribution in [0.4, 0.5) is 0 Å². The van der Waals surface area contributed by atoms with Crippen LogP contribution in [0.1, 0.15) is 11.1 Å². The molecule has 0 saturated heterocycles. The number of hydrogen-bond donors (Lipinski definition) is 0. The van der Waals surface area contributed by atoms with Crippen molar-refractivity contribution in [2.45, 2.75) is 13.8 Å². The van der Waals surface area contributed by atoms with Gasteiger partial charge in [-0.15, -0.1) is 0 Å². The van der Waals surface area contributed by atoms with E-state index in [1.54, 1.807) is 0 Å². The summed E-state index contributed by atoms with van der Waals surface area (Å²) in [6.07, 6.45) is 0. The van der Waals surface area contributed by atoms with Crippen LogP contribution < -0.4 is 0 Å². The molecule has 0 aromatic heterocycles. The second-order valence-corrected chi connectivity index (χ2v) is 4.85. The first-order chi connectivity index (χ1) is 5.46. The number of hydrogen-bond acceptors (Lipinski definition) is 0. The number of rotatable bonds is 0. The Kier molecular flexibility index (Phi) is 3.49. The maximum atomic E-state index is 6.02. The van der Waals surface area contributed by atoms with Gasteiger partial charge in [0.2, 0.25) is 0 Å². The van der Waals surface area contributed by atoms with Crippen molar-refractivity contribution in [3.8, 4) is 0 Å². The van der Waals surface area contributed by atoms with Crippen LogP contribution in [0.15, 0.2) is 8.95 Å². The molecule has 0 fully saturated rings. The van der Waals surface area contributed by atoms with Gasteiger partial charge in [0.25, 0.3) is 0 Å². The maximum absolute atomic E-state index is 6.02. The highest BCUT2D eigenvalue weighted by Crippen LogP contribution is 2.40. The van der Waals surface area contributed by atoms with Gasteiger partial charge in [0, 0.05) is 0 Å². The van der Waals surface area contributed by atoms with Gasteiger partial charge in [0.1, 0.15) is 0 Å². The minimum atomic E-state index is 0.712. The van der Waals surface area contributed by atoms with Gasteiger partial charge in [-0.05, 0) is 56.8 Å². The van der Waals surface area contributed by atoms with Crippen molar-refractivity contribution in [1.29, 1.82) is 0 Å². The molecule has 4 heteroatoms. The Morgan fingerprint density at radius 1 is 0.833 bits per heavy atom. The van der Waals surface area contributed by atoms with E-state index < -0.39 is 0 Å². The Balaban J connectivity index is 3.60. The van der Waals surface area contributed by atoms with E-state index >= 15 is 0 Å². The van der Waals surface area contributed by atoms with Crippen LogP contribution in [0.5, 0.6) is 0 Å². The highest BCUT2D eigenvalue weighted by molar-refractivity contribution is 9.13. The summed E-state index contributed by atoms with van der Waals surface area (Å²) in [5, 5.41) is 1.42. The van der Waals surface area contributed by atoms with Crippen LogP contribution in [-0.2, 0) is 0 Å². The molecule has 12 heavy (non-hydrogen) atoms. The summed E-state index contributed by atoms with van der Waals surface area (Å²) in [5.74, 6) is 0. The van der Waals surface area contributed by atoms with Gasteiger partial charge < -0.3 is 0 Å². The minimum Gasteiger partial charge on any atom is -0.0828 e. The molecule has 0 radical (unpaired) electrons. The van der Waals surface area contributed by atoms with Crippen LogP contribution in [0.2, 0.25) is 10.0 Å². The van der Waals surface area contributed by atoms with Crippen molar-refractivity contribution >= 4 is 55.1 Å². The molecule has 1 rings (SSSR count). The summed E-state index contributed by atoms with van der Waals surface area (Å²) >= 11 is 18.8. The monoisotopic (exact) mass is 330 g/mol. The lowest BCUT2D eigenvalue weighted by molar-refractivity contribution is 1.31. The molecule has 1 aromatic rings. The maximum Gasteiger partial charge on any atom is 0.0592 e. The largest absolute Gasteiger partial charge is 0.0828 e. The van der Waals surface area contributed by atoms with Crippen LogP contribution in [0.25, 0.3) is 0 Å². The average molecular weight is 333 g/mol. The van der Waals surface area contributed by atoms with E-state index in [2.05, 4.69) is 31.9 Å². The van der Waals surface area contributed by atoms with Crippen molar-refractivity contribution in [2.75, 3.05) is 0 Å². The highest BCUT2D eigenvalue weighted by atomic mass is 79.9. The molecule has 0 aliphatic carbocycles. The summed E-state index contributed by atoms with van der Waals surface area (Å²) in [6.45, 7) is 3.89. The molecule has 0 unspecified atom stereocenters. The predicted octanol–water partition coefficient (Wildman–Crippen LogP) is 5.14. The Hall–Kier alpha value is 0.760. The lowest BCUT2D eigenvalue weighted by Gasteiger charge is -2.09. The summed E-state index contributed by atoms with van der Waals surface area (Å²) < 4.78 is 1.63. The Morgan fingerprint density at radius 3 is 1.33 bits per heavy atom. The first-order valence-corrected chi connectivity index (χ1v) is 5.60. The molecule has 0 heterocycles. The van der Waals surface area contributed by atoms with E-state index in [0.717, 1.165) is 20.1 Å². The number of halogens is 4. The van der Waals surface area contributed by atoms with E-state index in [1.165, 1.54) is 0 Å². The lowest BCUT2D eigenvalue weighted by atomic mass is 10.1. The van der Waals surface area contributed by atoms with E-state index in [-0.39, 0.29) is 0 Å². The Bertz CT molecular complexity index is 229. The molecular formula is C8H6Br2Cl2. The van der Waals surface area contributed by atoms with Crippen LogP contribution in [-0.4, -0.2) is 0 Å². The first-order valence-electron chi connectivity index (χ1n) is 3.26. The quantitative estimate of drug-likeness (QED) is 0.456. The van der Waals surface area contributed by atoms with Crippen molar-refractivity contribution in [3.63, 3.8) is 0 Å². The molecule has 0 amide bonds. The summed E-state index contributed by atoms with van der Waals surface area (Å²) in [4.78, 5) is 0. The zero-order chi connectivity index (χ0) is 9.46. The lowest BCUT2D eigenvalue weighted by Crippen LogP contribution is -1.87. The topological polar surface area (TPSA) is 0 Å². The minimum absolute atomic E-state index is 0.712. The van der Waals surface area contributed by atoms with Crippen LogP contribution in [0, 0.1) is 13.8 Å². The van der Waals surface area contributed by atoms with Gasteiger partial charge in [-0.3, -0.25) is 0 Å². The van der Waals surface area contributed by atoms with Gasteiger partial charge >= 0.3 is 0 Å². The fourth-order valence-corrected chi connectivity index (χ4v) is 2.54. The predicted molar refractivity (Wildman–Crippen MR) is 61.3 cm³/mol. The Labute approximate surface area is 98.5 Å². The molecule has 0 bridgehead atoms. The van der Waals surface area contributed by atoms with E-state index in [9.17, 15) is 0 Å². The smallest absolute Gasteiger partial charge is 0.0592 e. The zero-order valence-electron chi connectivity index (χ0n) is 6.51. The molecule has 0 aliphatic heterocycles. The van der Waals surface area contributed by atoms with Crippen LogP contribution in [0.3, 0.4) is 0 Å². The van der Waals surface area contributed by atoms with Crippen LogP contribution >= 0.6 is 55.1 Å². The molecule has 0 atom stereocenters. The standard InChI is InChI=1S/C8H6Br2Cl2/c1-3-4(2)8(12)6(10)5(9)7(3)11/h1-2H3. The fraction of sp³-hybridized carbons (Fsp3) is 0.250. The summed E-state index contributed by atoms with van der Waals surface area (Å²) in [6, 6.07) is 0. The van der Waals surface area contributed by atoms with E-state index in [0.29, 0.717) is 10.0 Å². The highest BCUT2D eigenvalue weighted by Gasteiger charge is 2.13. The molecule has 0 nitrogen and oxygen atoms in total. The second-order valence-electron chi connectivity index (χ2n) is 2.51. The molecule has 66 valence electrons. The van der Waals surface area contributed by atoms with Crippen molar-refractivity contribution < 1.29 is 0 Å². The third-order valence-electron chi connectivity index (χ3n) is 1.80. The van der Waals surface area contributed by atoms with Gasteiger partial charge in [-0.25, -0.2) is 0 Å². The van der Waals surface area contributed by atoms with Gasteiger partial charge in [-0.1, -0.05) is 23.2 Å². The third-order valence-corrected chi connectivity index (χ3v) is 5.32. The van der Waals surface area contributed by atoms with Crippen molar-refractivity contribution in [3.05, 3.63) is 30.1 Å². The molecule has 0 saturated carbocycles. The SMILES string of the molecule is Cc1c(C)c(Cl)c(Br)c(Br)c1Cl. The summed E-state index contributed by atoms with van der Waals surface area (Å²) in [7, 11) is 0. The number of benzene rings is 1. The molecule has 0 spiro atoms. The second kappa shape index (κ2) is 3.87. The van der Waals surface area contributed by atoms with Gasteiger partial charge in [0.05, 0.1) is 19.0 Å². The molecule has 0 aliphatic rings. The molecule has 1 aromatic carbocycles. The summed E-state index contributed by atoms with van der Waals surface area (Å²) in [5.41, 5.74) is 2.02. The normalized spacial score (nSPS) is 10.5. The first kappa shape index (κ1) is 10.8. The van der Waals surface area contributed by atoms with Gasteiger partial charge in [-0.2, -0.15) is 0 Å². The fourth-order valence-electron chi connectivity index (χ4n) is 0.851. The Morgan fingerprint density at radius 2 is 1.08 bits per heavy atom. The zero-order valence-corrected chi connectivity index (χ0v) is 11.2. The van der Waals surface area contributed by atoms with Gasteiger partial charge in [0.15, 0.2) is 0 Å². The van der Waals surface area contributed by atoms with Crippen molar-refractivity contribution in [2.24, 2.45) is 0 Å². The van der Waals surface area contributed by atoms with E-state index in [1.807, 2.05) is 13.8 Å². The average Bonchev–Trinajstić information content (AvgIpc) is 2.08. The molecular weight excluding hydrogens is 327 g/mol. The van der Waals surface area contributed by atoms with E-state index in [4.69, 9.17) is 23.2 Å². The molecule has 0 N–H and O–H groups in total.